The highest BCUT2D eigenvalue weighted by molar-refractivity contribution is 5.90. The van der Waals surface area contributed by atoms with Gasteiger partial charge in [-0.3, -0.25) is 0 Å². The predicted octanol–water partition coefficient (Wildman–Crippen LogP) is 4.55. The van der Waals surface area contributed by atoms with Crippen LogP contribution in [0.5, 0.6) is 11.5 Å². The van der Waals surface area contributed by atoms with Gasteiger partial charge in [-0.1, -0.05) is 17.2 Å². The van der Waals surface area contributed by atoms with Crippen LogP contribution in [0.4, 0.5) is 0 Å². The van der Waals surface area contributed by atoms with Crippen LogP contribution in [-0.2, 0) is 4.74 Å². The lowest BCUT2D eigenvalue weighted by atomic mass is 10.1. The fraction of sp³-hybridized carbons (Fsp3) is 0.421. The number of benzene rings is 1. The van der Waals surface area contributed by atoms with E-state index < -0.39 is 0 Å². The maximum Gasteiger partial charge on any atom is 0.338 e. The van der Waals surface area contributed by atoms with Gasteiger partial charge in [-0.25, -0.2) is 4.79 Å². The summed E-state index contributed by atoms with van der Waals surface area (Å²) in [7, 11) is 3.09. The number of ether oxygens (including phenoxy) is 3. The van der Waals surface area contributed by atoms with Crippen LogP contribution in [0.2, 0.25) is 0 Å². The van der Waals surface area contributed by atoms with E-state index in [1.54, 1.807) is 25.3 Å². The quantitative estimate of drug-likeness (QED) is 0.521. The Morgan fingerprint density at radius 2 is 1.74 bits per heavy atom. The molecule has 4 heteroatoms. The molecule has 0 aliphatic rings. The zero-order valence-electron chi connectivity index (χ0n) is 14.6. The first kappa shape index (κ1) is 18.8. The van der Waals surface area contributed by atoms with Gasteiger partial charge in [0.15, 0.2) is 11.5 Å². The van der Waals surface area contributed by atoms with E-state index >= 15 is 0 Å². The van der Waals surface area contributed by atoms with Gasteiger partial charge < -0.3 is 14.2 Å². The molecule has 0 aliphatic carbocycles. The highest BCUT2D eigenvalue weighted by atomic mass is 16.5. The molecule has 1 aromatic carbocycles. The van der Waals surface area contributed by atoms with E-state index in [-0.39, 0.29) is 12.6 Å². The van der Waals surface area contributed by atoms with E-state index in [1.807, 2.05) is 13.0 Å². The Morgan fingerprint density at radius 1 is 1.04 bits per heavy atom. The summed E-state index contributed by atoms with van der Waals surface area (Å²) in [6, 6.07) is 4.97. The Labute approximate surface area is 138 Å². The number of methoxy groups -OCH3 is 2. The standard InChI is InChI=1S/C19H26O4/c1-14(2)7-6-8-15(3)11-12-23-19(20)16-9-10-17(21-4)18(13-16)22-5/h7,9-11,13H,6,8,12H2,1-5H3. The average Bonchev–Trinajstić information content (AvgIpc) is 2.53. The van der Waals surface area contributed by atoms with Crippen LogP contribution in [0.1, 0.15) is 44.0 Å². The summed E-state index contributed by atoms with van der Waals surface area (Å²) < 4.78 is 15.6. The number of hydrogen-bond acceptors (Lipinski definition) is 4. The third-order valence-electron chi connectivity index (χ3n) is 3.36. The van der Waals surface area contributed by atoms with Gasteiger partial charge >= 0.3 is 5.97 Å². The average molecular weight is 318 g/mol. The molecule has 0 atom stereocenters. The Hall–Kier alpha value is -2.23. The Kier molecular flexibility index (Phi) is 7.95. The van der Waals surface area contributed by atoms with Gasteiger partial charge in [0, 0.05) is 0 Å². The molecule has 1 aromatic rings. The number of carbonyl (C=O) groups excluding carboxylic acids is 1. The summed E-state index contributed by atoms with van der Waals surface area (Å²) in [4.78, 5) is 12.0. The van der Waals surface area contributed by atoms with Crippen molar-refractivity contribution in [2.75, 3.05) is 20.8 Å². The van der Waals surface area contributed by atoms with E-state index in [0.717, 1.165) is 12.8 Å². The van der Waals surface area contributed by atoms with Crippen LogP contribution in [-0.4, -0.2) is 26.8 Å². The topological polar surface area (TPSA) is 44.8 Å². The third kappa shape index (κ3) is 6.59. The highest BCUT2D eigenvalue weighted by Crippen LogP contribution is 2.27. The molecule has 0 N–H and O–H groups in total. The molecule has 126 valence electrons. The van der Waals surface area contributed by atoms with Crippen molar-refractivity contribution in [2.24, 2.45) is 0 Å². The van der Waals surface area contributed by atoms with E-state index in [2.05, 4.69) is 19.9 Å². The lowest BCUT2D eigenvalue weighted by molar-refractivity contribution is 0.0548. The normalized spacial score (nSPS) is 10.9. The van der Waals surface area contributed by atoms with E-state index in [4.69, 9.17) is 14.2 Å². The van der Waals surface area contributed by atoms with Crippen molar-refractivity contribution in [1.29, 1.82) is 0 Å². The Morgan fingerprint density at radius 3 is 2.35 bits per heavy atom. The van der Waals surface area contributed by atoms with Gasteiger partial charge in [0.25, 0.3) is 0 Å². The van der Waals surface area contributed by atoms with E-state index in [1.165, 1.54) is 18.3 Å². The summed E-state index contributed by atoms with van der Waals surface area (Å²) in [5.74, 6) is 0.716. The molecular weight excluding hydrogens is 292 g/mol. The van der Waals surface area contributed by atoms with Gasteiger partial charge in [0.05, 0.1) is 19.8 Å². The Bertz CT molecular complexity index is 581. The molecule has 0 bridgehead atoms. The summed E-state index contributed by atoms with van der Waals surface area (Å²) in [6.07, 6.45) is 6.12. The first-order valence-electron chi connectivity index (χ1n) is 7.66. The van der Waals surface area contributed by atoms with Gasteiger partial charge in [-0.2, -0.15) is 0 Å². The third-order valence-corrected chi connectivity index (χ3v) is 3.36. The van der Waals surface area contributed by atoms with Crippen molar-refractivity contribution in [3.63, 3.8) is 0 Å². The van der Waals surface area contributed by atoms with Crippen molar-refractivity contribution in [1.82, 2.24) is 0 Å². The fourth-order valence-electron chi connectivity index (χ4n) is 2.00. The molecule has 0 amide bonds. The molecule has 4 nitrogen and oxygen atoms in total. The number of rotatable bonds is 8. The second kappa shape index (κ2) is 9.72. The second-order valence-electron chi connectivity index (χ2n) is 5.54. The molecule has 0 aliphatic heterocycles. The maximum absolute atomic E-state index is 12.0. The molecule has 0 saturated heterocycles. The van der Waals surface area contributed by atoms with Crippen LogP contribution < -0.4 is 9.47 Å². The molecule has 0 heterocycles. The van der Waals surface area contributed by atoms with Crippen molar-refractivity contribution in [3.05, 3.63) is 47.1 Å². The molecule has 0 saturated carbocycles. The molecule has 0 spiro atoms. The minimum atomic E-state index is -0.376. The highest BCUT2D eigenvalue weighted by Gasteiger charge is 2.11. The minimum Gasteiger partial charge on any atom is -0.493 e. The summed E-state index contributed by atoms with van der Waals surface area (Å²) in [6.45, 7) is 6.49. The number of allylic oxidation sites excluding steroid dienone is 3. The van der Waals surface area contributed by atoms with E-state index in [9.17, 15) is 4.79 Å². The monoisotopic (exact) mass is 318 g/mol. The smallest absolute Gasteiger partial charge is 0.338 e. The molecule has 0 unspecified atom stereocenters. The predicted molar refractivity (Wildman–Crippen MR) is 92.3 cm³/mol. The molecule has 1 rings (SSSR count). The molecule has 23 heavy (non-hydrogen) atoms. The fourth-order valence-corrected chi connectivity index (χ4v) is 2.00. The first-order chi connectivity index (χ1) is 11.0. The van der Waals surface area contributed by atoms with Crippen molar-refractivity contribution in [3.8, 4) is 11.5 Å². The number of carbonyl (C=O) groups is 1. The van der Waals surface area contributed by atoms with Gasteiger partial charge in [-0.15, -0.1) is 0 Å². The van der Waals surface area contributed by atoms with Crippen molar-refractivity contribution in [2.45, 2.75) is 33.6 Å². The lowest BCUT2D eigenvalue weighted by Gasteiger charge is -2.09. The van der Waals surface area contributed by atoms with Crippen LogP contribution >= 0.6 is 0 Å². The molecule has 0 radical (unpaired) electrons. The maximum atomic E-state index is 12.0. The van der Waals surface area contributed by atoms with Crippen LogP contribution in [0.15, 0.2) is 41.5 Å². The molecule has 0 fully saturated rings. The van der Waals surface area contributed by atoms with Crippen LogP contribution in [0, 0.1) is 0 Å². The second-order valence-corrected chi connectivity index (χ2v) is 5.54. The first-order valence-corrected chi connectivity index (χ1v) is 7.66. The van der Waals surface area contributed by atoms with Crippen molar-refractivity contribution < 1.29 is 19.0 Å². The number of hydrogen-bond donors (Lipinski definition) is 0. The Balaban J connectivity index is 2.55. The van der Waals surface area contributed by atoms with Crippen LogP contribution in [0.3, 0.4) is 0 Å². The van der Waals surface area contributed by atoms with E-state index in [0.29, 0.717) is 17.1 Å². The van der Waals surface area contributed by atoms with Gasteiger partial charge in [0.1, 0.15) is 6.61 Å². The largest absolute Gasteiger partial charge is 0.493 e. The molecular formula is C19H26O4. The van der Waals surface area contributed by atoms with Gasteiger partial charge in [-0.05, 0) is 57.9 Å². The zero-order valence-corrected chi connectivity index (χ0v) is 14.6. The molecule has 0 aromatic heterocycles. The summed E-state index contributed by atoms with van der Waals surface area (Å²) in [5.41, 5.74) is 2.97. The summed E-state index contributed by atoms with van der Waals surface area (Å²) >= 11 is 0. The van der Waals surface area contributed by atoms with Crippen LogP contribution in [0.25, 0.3) is 0 Å². The zero-order chi connectivity index (χ0) is 17.2. The minimum absolute atomic E-state index is 0.272. The van der Waals surface area contributed by atoms with Gasteiger partial charge in [0.2, 0.25) is 0 Å². The van der Waals surface area contributed by atoms with Crippen molar-refractivity contribution >= 4 is 5.97 Å². The lowest BCUT2D eigenvalue weighted by Crippen LogP contribution is -2.06. The summed E-state index contributed by atoms with van der Waals surface area (Å²) in [5, 5.41) is 0. The SMILES string of the molecule is COc1ccc(C(=O)OCC=C(C)CCC=C(C)C)cc1OC. The number of esters is 1.